The zero-order valence-corrected chi connectivity index (χ0v) is 12.9. The minimum absolute atomic E-state index is 0.964. The SMILES string of the molecule is C/C=C(\C=N)c1ccccc1.CC.Cc1ccccc1. The third kappa shape index (κ3) is 7.32. The fraction of sp³-hybridized carbons (Fsp3) is 0.211. The summed E-state index contributed by atoms with van der Waals surface area (Å²) in [4.78, 5) is 0. The van der Waals surface area contributed by atoms with Crippen molar-refractivity contribution in [1.82, 2.24) is 0 Å². The Morgan fingerprint density at radius 1 is 0.850 bits per heavy atom. The van der Waals surface area contributed by atoms with Gasteiger partial charge in [0, 0.05) is 6.21 Å². The molecule has 1 nitrogen and oxygen atoms in total. The van der Waals surface area contributed by atoms with Gasteiger partial charge in [-0.25, -0.2) is 0 Å². The first-order valence-corrected chi connectivity index (χ1v) is 7.01. The summed E-state index contributed by atoms with van der Waals surface area (Å²) in [7, 11) is 0. The highest BCUT2D eigenvalue weighted by molar-refractivity contribution is 6.08. The molecule has 0 saturated carbocycles. The van der Waals surface area contributed by atoms with Gasteiger partial charge < -0.3 is 5.41 Å². The van der Waals surface area contributed by atoms with E-state index in [4.69, 9.17) is 5.41 Å². The topological polar surface area (TPSA) is 23.9 Å². The van der Waals surface area contributed by atoms with E-state index in [-0.39, 0.29) is 0 Å². The second-order valence-electron chi connectivity index (χ2n) is 3.91. The van der Waals surface area contributed by atoms with Crippen molar-refractivity contribution in [3.05, 3.63) is 77.9 Å². The summed E-state index contributed by atoms with van der Waals surface area (Å²) in [5.74, 6) is 0. The van der Waals surface area contributed by atoms with Crippen LogP contribution in [0, 0.1) is 12.3 Å². The van der Waals surface area contributed by atoms with Gasteiger partial charge in [0.2, 0.25) is 0 Å². The summed E-state index contributed by atoms with van der Waals surface area (Å²) in [5.41, 5.74) is 3.39. The van der Waals surface area contributed by atoms with E-state index in [9.17, 15) is 0 Å². The number of rotatable bonds is 2. The van der Waals surface area contributed by atoms with Crippen LogP contribution >= 0.6 is 0 Å². The molecule has 0 aliphatic carbocycles. The number of nitrogens with one attached hydrogen (secondary N) is 1. The Bertz CT molecular complexity index is 484. The van der Waals surface area contributed by atoms with Crippen LogP contribution in [-0.4, -0.2) is 6.21 Å². The van der Waals surface area contributed by atoms with E-state index in [2.05, 4.69) is 19.1 Å². The lowest BCUT2D eigenvalue weighted by molar-refractivity contribution is 1.48. The van der Waals surface area contributed by atoms with Gasteiger partial charge in [-0.3, -0.25) is 0 Å². The van der Waals surface area contributed by atoms with Crippen LogP contribution in [0.2, 0.25) is 0 Å². The molecule has 0 atom stereocenters. The third-order valence-corrected chi connectivity index (χ3v) is 2.51. The van der Waals surface area contributed by atoms with Crippen molar-refractivity contribution in [1.29, 1.82) is 5.41 Å². The molecule has 0 unspecified atom stereocenters. The lowest BCUT2D eigenvalue weighted by Crippen LogP contribution is -1.82. The van der Waals surface area contributed by atoms with Gasteiger partial charge in [-0.15, -0.1) is 0 Å². The predicted octanol–water partition coefficient (Wildman–Crippen LogP) is 5.76. The highest BCUT2D eigenvalue weighted by Gasteiger charge is 1.92. The van der Waals surface area contributed by atoms with E-state index in [0.717, 1.165) is 11.1 Å². The van der Waals surface area contributed by atoms with Crippen LogP contribution < -0.4 is 0 Å². The Hall–Kier alpha value is -2.15. The monoisotopic (exact) mass is 267 g/mol. The largest absolute Gasteiger partial charge is 0.308 e. The Balaban J connectivity index is 0.000000345. The molecular formula is C19H25N. The Morgan fingerprint density at radius 2 is 1.30 bits per heavy atom. The highest BCUT2D eigenvalue weighted by Crippen LogP contribution is 2.10. The molecule has 0 spiro atoms. The maximum Gasteiger partial charge on any atom is 0.0253 e. The molecule has 0 radical (unpaired) electrons. The van der Waals surface area contributed by atoms with Crippen molar-refractivity contribution in [2.75, 3.05) is 0 Å². The van der Waals surface area contributed by atoms with Crippen molar-refractivity contribution >= 4 is 11.8 Å². The summed E-state index contributed by atoms with van der Waals surface area (Å²) in [5, 5.41) is 7.10. The van der Waals surface area contributed by atoms with Gasteiger partial charge in [-0.2, -0.15) is 0 Å². The first-order valence-electron chi connectivity index (χ1n) is 7.01. The fourth-order valence-corrected chi connectivity index (χ4v) is 1.50. The molecular weight excluding hydrogens is 242 g/mol. The summed E-state index contributed by atoms with van der Waals surface area (Å²) in [6.45, 7) is 8.02. The lowest BCUT2D eigenvalue weighted by atomic mass is 10.1. The van der Waals surface area contributed by atoms with Crippen LogP contribution in [0.25, 0.3) is 5.57 Å². The molecule has 0 saturated heterocycles. The quantitative estimate of drug-likeness (QED) is 0.669. The van der Waals surface area contributed by atoms with Gasteiger partial charge in [0.25, 0.3) is 0 Å². The molecule has 1 N–H and O–H groups in total. The molecule has 0 bridgehead atoms. The van der Waals surface area contributed by atoms with Gasteiger partial charge in [0.05, 0.1) is 0 Å². The molecule has 0 amide bonds. The summed E-state index contributed by atoms with van der Waals surface area (Å²) in [6.07, 6.45) is 3.30. The molecule has 0 heterocycles. The Labute approximate surface area is 123 Å². The molecule has 2 aromatic carbocycles. The van der Waals surface area contributed by atoms with E-state index in [1.165, 1.54) is 11.8 Å². The third-order valence-electron chi connectivity index (χ3n) is 2.51. The van der Waals surface area contributed by atoms with Crippen LogP contribution in [0.4, 0.5) is 0 Å². The zero-order valence-electron chi connectivity index (χ0n) is 12.9. The van der Waals surface area contributed by atoms with Crippen molar-refractivity contribution in [2.45, 2.75) is 27.7 Å². The van der Waals surface area contributed by atoms with Gasteiger partial charge in [-0.05, 0) is 25.0 Å². The van der Waals surface area contributed by atoms with Gasteiger partial charge in [0.1, 0.15) is 0 Å². The molecule has 2 rings (SSSR count). The van der Waals surface area contributed by atoms with Crippen LogP contribution in [0.1, 0.15) is 31.9 Å². The van der Waals surface area contributed by atoms with Crippen molar-refractivity contribution < 1.29 is 0 Å². The van der Waals surface area contributed by atoms with Gasteiger partial charge >= 0.3 is 0 Å². The van der Waals surface area contributed by atoms with E-state index in [0.29, 0.717) is 0 Å². The van der Waals surface area contributed by atoms with Crippen LogP contribution in [-0.2, 0) is 0 Å². The number of hydrogen-bond donors (Lipinski definition) is 1. The van der Waals surface area contributed by atoms with E-state index in [1.807, 2.05) is 75.4 Å². The van der Waals surface area contributed by atoms with Crippen molar-refractivity contribution in [3.8, 4) is 0 Å². The number of benzene rings is 2. The number of allylic oxidation sites excluding steroid dienone is 2. The minimum atomic E-state index is 0.964. The summed E-state index contributed by atoms with van der Waals surface area (Å²) < 4.78 is 0. The highest BCUT2D eigenvalue weighted by atomic mass is 14.3. The maximum atomic E-state index is 7.10. The van der Waals surface area contributed by atoms with E-state index >= 15 is 0 Å². The molecule has 0 aromatic heterocycles. The maximum absolute atomic E-state index is 7.10. The number of aryl methyl sites for hydroxylation is 1. The molecule has 20 heavy (non-hydrogen) atoms. The van der Waals surface area contributed by atoms with E-state index in [1.54, 1.807) is 0 Å². The molecule has 1 heteroatoms. The first-order chi connectivity index (χ1) is 9.77. The zero-order chi connectivity index (χ0) is 15.2. The smallest absolute Gasteiger partial charge is 0.0253 e. The number of hydrogen-bond acceptors (Lipinski definition) is 1. The predicted molar refractivity (Wildman–Crippen MR) is 91.4 cm³/mol. The van der Waals surface area contributed by atoms with Gasteiger partial charge in [0.15, 0.2) is 0 Å². The molecule has 0 aliphatic rings. The fourth-order valence-electron chi connectivity index (χ4n) is 1.50. The Morgan fingerprint density at radius 3 is 1.60 bits per heavy atom. The van der Waals surface area contributed by atoms with Crippen LogP contribution in [0.15, 0.2) is 66.7 Å². The summed E-state index contributed by atoms with van der Waals surface area (Å²) in [6, 6.07) is 20.2. The van der Waals surface area contributed by atoms with E-state index < -0.39 is 0 Å². The standard InChI is InChI=1S/C10H11N.C7H8.C2H6/c1-2-9(8-11)10-6-4-3-5-7-10;1-7-5-3-2-4-6-7;1-2/h2-8,11H,1H3;2-6H,1H3;1-2H3/b9-2+,11-8?;;. The second-order valence-corrected chi connectivity index (χ2v) is 3.91. The Kier molecular flexibility index (Phi) is 10.6. The summed E-state index contributed by atoms with van der Waals surface area (Å²) >= 11 is 0. The van der Waals surface area contributed by atoms with Crippen LogP contribution in [0.5, 0.6) is 0 Å². The van der Waals surface area contributed by atoms with Crippen molar-refractivity contribution in [3.63, 3.8) is 0 Å². The molecule has 0 fully saturated rings. The average Bonchev–Trinajstić information content (AvgIpc) is 2.53. The first kappa shape index (κ1) is 17.8. The lowest BCUT2D eigenvalue weighted by Gasteiger charge is -1.97. The average molecular weight is 267 g/mol. The minimum Gasteiger partial charge on any atom is -0.308 e. The van der Waals surface area contributed by atoms with Crippen LogP contribution in [0.3, 0.4) is 0 Å². The van der Waals surface area contributed by atoms with Crippen molar-refractivity contribution in [2.24, 2.45) is 0 Å². The van der Waals surface area contributed by atoms with Gasteiger partial charge in [-0.1, -0.05) is 86.2 Å². The molecule has 106 valence electrons. The molecule has 0 aliphatic heterocycles. The molecule has 2 aromatic rings. The second kappa shape index (κ2) is 11.9. The normalized spacial score (nSPS) is 9.50.